The van der Waals surface area contributed by atoms with Gasteiger partial charge in [0.1, 0.15) is 11.3 Å². The third-order valence-corrected chi connectivity index (χ3v) is 2.07. The first-order valence-corrected chi connectivity index (χ1v) is 4.89. The van der Waals surface area contributed by atoms with Crippen LogP contribution in [0, 0.1) is 0 Å². The van der Waals surface area contributed by atoms with E-state index < -0.39 is 23.8 Å². The van der Waals surface area contributed by atoms with Crippen LogP contribution < -0.4 is 5.73 Å². The summed E-state index contributed by atoms with van der Waals surface area (Å²) in [5, 5.41) is 9.57. The van der Waals surface area contributed by atoms with E-state index in [2.05, 4.69) is 9.72 Å². The fourth-order valence-electron chi connectivity index (χ4n) is 1.30. The van der Waals surface area contributed by atoms with Gasteiger partial charge in [0.05, 0.1) is 6.61 Å². The lowest BCUT2D eigenvalue weighted by Crippen LogP contribution is -2.13. The van der Waals surface area contributed by atoms with Crippen LogP contribution in [0.4, 0.5) is 8.78 Å². The number of ether oxygens (including phenoxy) is 1. The van der Waals surface area contributed by atoms with Crippen LogP contribution in [0.15, 0.2) is 6.20 Å². The zero-order valence-electron chi connectivity index (χ0n) is 9.11. The summed E-state index contributed by atoms with van der Waals surface area (Å²) in [6.45, 7) is 1.51. The first kappa shape index (κ1) is 13.3. The van der Waals surface area contributed by atoms with Crippen molar-refractivity contribution in [2.75, 3.05) is 6.61 Å². The molecular formula is C10H12F2N2O3. The van der Waals surface area contributed by atoms with E-state index in [1.165, 1.54) is 0 Å². The van der Waals surface area contributed by atoms with Crippen LogP contribution in [0.25, 0.3) is 0 Å². The van der Waals surface area contributed by atoms with Gasteiger partial charge in [-0.25, -0.2) is 13.6 Å². The Morgan fingerprint density at radius 1 is 1.65 bits per heavy atom. The number of aromatic hydroxyl groups is 1. The minimum Gasteiger partial charge on any atom is -0.505 e. The van der Waals surface area contributed by atoms with Crippen LogP contribution in [0.2, 0.25) is 0 Å². The minimum atomic E-state index is -2.98. The topological polar surface area (TPSA) is 85.4 Å². The minimum absolute atomic E-state index is 0.0641. The number of carbonyl (C=O) groups excluding carboxylic acids is 1. The molecule has 0 aliphatic heterocycles. The number of nitrogens with zero attached hydrogens (tertiary/aromatic N) is 1. The Morgan fingerprint density at radius 3 is 2.76 bits per heavy atom. The highest BCUT2D eigenvalue weighted by Gasteiger charge is 2.25. The molecule has 0 atom stereocenters. The maximum absolute atomic E-state index is 12.5. The van der Waals surface area contributed by atoms with Crippen LogP contribution in [0.1, 0.15) is 35.0 Å². The molecule has 7 heteroatoms. The molecule has 0 saturated heterocycles. The third-order valence-electron chi connectivity index (χ3n) is 2.07. The van der Waals surface area contributed by atoms with Crippen molar-refractivity contribution in [1.82, 2.24) is 4.98 Å². The van der Waals surface area contributed by atoms with E-state index in [-0.39, 0.29) is 24.3 Å². The number of hydrogen-bond acceptors (Lipinski definition) is 5. The van der Waals surface area contributed by atoms with Gasteiger partial charge in [-0.05, 0) is 6.92 Å². The Morgan fingerprint density at radius 2 is 2.29 bits per heavy atom. The lowest BCUT2D eigenvalue weighted by molar-refractivity contribution is 0.0520. The van der Waals surface area contributed by atoms with Crippen molar-refractivity contribution in [3.05, 3.63) is 23.0 Å². The summed E-state index contributed by atoms with van der Waals surface area (Å²) < 4.78 is 29.6. The average molecular weight is 246 g/mol. The van der Waals surface area contributed by atoms with Gasteiger partial charge >= 0.3 is 5.97 Å². The van der Waals surface area contributed by atoms with Crippen LogP contribution in [-0.4, -0.2) is 22.7 Å². The molecule has 0 bridgehead atoms. The SMILES string of the molecule is CCOC(=O)c1c(CN)cnc(C(F)F)c1O. The lowest BCUT2D eigenvalue weighted by atomic mass is 10.1. The molecule has 0 saturated carbocycles. The molecule has 0 amide bonds. The Balaban J connectivity index is 3.32. The normalized spacial score (nSPS) is 10.6. The van der Waals surface area contributed by atoms with Crippen molar-refractivity contribution >= 4 is 5.97 Å². The monoisotopic (exact) mass is 246 g/mol. The van der Waals surface area contributed by atoms with E-state index in [0.29, 0.717) is 0 Å². The smallest absolute Gasteiger partial charge is 0.342 e. The number of halogens is 2. The van der Waals surface area contributed by atoms with Crippen LogP contribution in [0.3, 0.4) is 0 Å². The molecule has 1 rings (SSSR count). The molecule has 5 nitrogen and oxygen atoms in total. The highest BCUT2D eigenvalue weighted by atomic mass is 19.3. The van der Waals surface area contributed by atoms with Crippen molar-refractivity contribution in [2.24, 2.45) is 5.73 Å². The third kappa shape index (κ3) is 2.68. The summed E-state index contributed by atoms with van der Waals surface area (Å²) in [5.41, 5.74) is 4.29. The lowest BCUT2D eigenvalue weighted by Gasteiger charge is -2.11. The molecule has 0 radical (unpaired) electrons. The largest absolute Gasteiger partial charge is 0.505 e. The van der Waals surface area contributed by atoms with Gasteiger partial charge in [-0.1, -0.05) is 0 Å². The van der Waals surface area contributed by atoms with Crippen molar-refractivity contribution < 1.29 is 23.4 Å². The van der Waals surface area contributed by atoms with E-state index in [1.807, 2.05) is 0 Å². The average Bonchev–Trinajstić information content (AvgIpc) is 2.27. The van der Waals surface area contributed by atoms with E-state index in [1.54, 1.807) is 6.92 Å². The summed E-state index contributed by atoms with van der Waals surface area (Å²) in [7, 11) is 0. The van der Waals surface area contributed by atoms with Crippen molar-refractivity contribution in [2.45, 2.75) is 19.9 Å². The first-order chi connectivity index (χ1) is 8.02. The highest BCUT2D eigenvalue weighted by molar-refractivity contribution is 5.94. The zero-order chi connectivity index (χ0) is 13.0. The van der Waals surface area contributed by atoms with Crippen molar-refractivity contribution in [1.29, 1.82) is 0 Å². The quantitative estimate of drug-likeness (QED) is 0.783. The molecule has 3 N–H and O–H groups in total. The molecule has 94 valence electrons. The summed E-state index contributed by atoms with van der Waals surface area (Å²) in [4.78, 5) is 14.9. The molecule has 1 aromatic rings. The maximum atomic E-state index is 12.5. The molecule has 0 aliphatic carbocycles. The molecule has 0 unspecified atom stereocenters. The highest BCUT2D eigenvalue weighted by Crippen LogP contribution is 2.31. The van der Waals surface area contributed by atoms with Crippen LogP contribution >= 0.6 is 0 Å². The van der Waals surface area contributed by atoms with Gasteiger partial charge in [0.2, 0.25) is 0 Å². The second-order valence-electron chi connectivity index (χ2n) is 3.12. The fourth-order valence-corrected chi connectivity index (χ4v) is 1.30. The molecule has 0 aliphatic rings. The number of carbonyl (C=O) groups is 1. The van der Waals surface area contributed by atoms with Gasteiger partial charge in [0.15, 0.2) is 5.75 Å². The maximum Gasteiger partial charge on any atom is 0.342 e. The number of nitrogens with two attached hydrogens (primary N) is 1. The van der Waals surface area contributed by atoms with Gasteiger partial charge < -0.3 is 15.6 Å². The van der Waals surface area contributed by atoms with E-state index >= 15 is 0 Å². The molecule has 0 fully saturated rings. The first-order valence-electron chi connectivity index (χ1n) is 4.89. The Hall–Kier alpha value is -1.76. The van der Waals surface area contributed by atoms with Crippen LogP contribution in [-0.2, 0) is 11.3 Å². The number of aromatic nitrogens is 1. The number of esters is 1. The Kier molecular flexibility index (Phi) is 4.33. The van der Waals surface area contributed by atoms with E-state index in [0.717, 1.165) is 6.20 Å². The Labute approximate surface area is 96.2 Å². The van der Waals surface area contributed by atoms with Crippen molar-refractivity contribution in [3.63, 3.8) is 0 Å². The van der Waals surface area contributed by atoms with Gasteiger partial charge in [-0.2, -0.15) is 0 Å². The van der Waals surface area contributed by atoms with E-state index in [9.17, 15) is 18.7 Å². The van der Waals surface area contributed by atoms with E-state index in [4.69, 9.17) is 5.73 Å². The van der Waals surface area contributed by atoms with Gasteiger partial charge in [0, 0.05) is 18.3 Å². The van der Waals surface area contributed by atoms with Gasteiger partial charge in [0.25, 0.3) is 6.43 Å². The fraction of sp³-hybridized carbons (Fsp3) is 0.400. The standard InChI is InChI=1S/C10H12F2N2O3/c1-2-17-10(16)6-5(3-13)4-14-7(8(6)15)9(11)12/h4,9,15H,2-3,13H2,1H3. The van der Waals surface area contributed by atoms with Gasteiger partial charge in [-0.3, -0.25) is 4.98 Å². The Bertz CT molecular complexity index is 424. The summed E-state index contributed by atoms with van der Waals surface area (Å²) in [5.74, 6) is -1.77. The summed E-state index contributed by atoms with van der Waals surface area (Å²) in [6, 6.07) is 0. The zero-order valence-corrected chi connectivity index (χ0v) is 9.11. The number of pyridine rings is 1. The molecule has 0 spiro atoms. The predicted octanol–water partition coefficient (Wildman–Crippen LogP) is 1.36. The molecule has 1 aromatic heterocycles. The summed E-state index contributed by atoms with van der Waals surface area (Å²) in [6.07, 6.45) is -1.94. The number of alkyl halides is 2. The summed E-state index contributed by atoms with van der Waals surface area (Å²) >= 11 is 0. The van der Waals surface area contributed by atoms with Crippen LogP contribution in [0.5, 0.6) is 5.75 Å². The van der Waals surface area contributed by atoms with Crippen molar-refractivity contribution in [3.8, 4) is 5.75 Å². The molecule has 0 aromatic carbocycles. The second-order valence-corrected chi connectivity index (χ2v) is 3.12. The second kappa shape index (κ2) is 5.53. The molecule has 1 heterocycles. The predicted molar refractivity (Wildman–Crippen MR) is 54.7 cm³/mol. The molecule has 17 heavy (non-hydrogen) atoms. The van der Waals surface area contributed by atoms with Gasteiger partial charge in [-0.15, -0.1) is 0 Å². The number of hydrogen-bond donors (Lipinski definition) is 2. The molecular weight excluding hydrogens is 234 g/mol. The number of rotatable bonds is 4.